The molecule has 0 fully saturated rings. The first-order valence-corrected chi connectivity index (χ1v) is 8.98. The molecule has 3 heterocycles. The predicted octanol–water partition coefficient (Wildman–Crippen LogP) is 4.47. The number of aromatic hydroxyl groups is 2. The number of Topliss-reactive ketones (excluding diaryl/α,β-unsaturated/α-hetero) is 1. The van der Waals surface area contributed by atoms with Gasteiger partial charge in [-0.25, -0.2) is 0 Å². The smallest absolute Gasteiger partial charge is 0.235 e. The second kappa shape index (κ2) is 6.00. The highest BCUT2D eigenvalue weighted by atomic mass is 16.5. The highest BCUT2D eigenvalue weighted by Gasteiger charge is 2.32. The number of para-hydroxylation sites is 1. The third kappa shape index (κ3) is 2.51. The molecule has 0 radical (unpaired) electrons. The van der Waals surface area contributed by atoms with Crippen LogP contribution in [0.15, 0.2) is 46.7 Å². The molecule has 2 aromatic carbocycles. The number of allylic oxidation sites excluding steroid dienone is 1. The minimum absolute atomic E-state index is 0.0350. The van der Waals surface area contributed by atoms with Crippen molar-refractivity contribution in [1.82, 2.24) is 10.1 Å². The van der Waals surface area contributed by atoms with E-state index in [0.717, 1.165) is 39.5 Å². The Hall–Kier alpha value is -4.00. The first-order valence-electron chi connectivity index (χ1n) is 8.98. The summed E-state index contributed by atoms with van der Waals surface area (Å²) < 4.78 is 11.0. The van der Waals surface area contributed by atoms with Gasteiger partial charge in [0, 0.05) is 28.6 Å². The van der Waals surface area contributed by atoms with Gasteiger partial charge in [-0.2, -0.15) is 0 Å². The van der Waals surface area contributed by atoms with Crippen molar-refractivity contribution in [2.45, 2.75) is 13.8 Å². The van der Waals surface area contributed by atoms with E-state index in [1.807, 2.05) is 38.1 Å². The maximum Gasteiger partial charge on any atom is 0.235 e. The Morgan fingerprint density at radius 3 is 2.66 bits per heavy atom. The van der Waals surface area contributed by atoms with Gasteiger partial charge in [-0.05, 0) is 26.0 Å². The minimum atomic E-state index is -0.451. The van der Waals surface area contributed by atoms with Crippen molar-refractivity contribution in [3.8, 4) is 28.5 Å². The zero-order valence-corrected chi connectivity index (χ0v) is 15.6. The average molecular weight is 388 g/mol. The van der Waals surface area contributed by atoms with Crippen LogP contribution in [0.25, 0.3) is 28.2 Å². The third-order valence-electron chi connectivity index (χ3n) is 5.04. The van der Waals surface area contributed by atoms with Crippen LogP contribution in [0, 0.1) is 13.8 Å². The summed E-state index contributed by atoms with van der Waals surface area (Å²) in [4.78, 5) is 16.2. The third-order valence-corrected chi connectivity index (χ3v) is 5.04. The zero-order chi connectivity index (χ0) is 20.3. The molecule has 0 amide bonds. The van der Waals surface area contributed by atoms with Crippen molar-refractivity contribution in [3.63, 3.8) is 0 Å². The fraction of sp³-hybridized carbons (Fsp3) is 0.0909. The lowest BCUT2D eigenvalue weighted by Crippen LogP contribution is -1.99. The van der Waals surface area contributed by atoms with Crippen LogP contribution >= 0.6 is 0 Å². The van der Waals surface area contributed by atoms with Crippen LogP contribution in [0.4, 0.5) is 0 Å². The molecule has 0 unspecified atom stereocenters. The molecule has 0 saturated carbocycles. The van der Waals surface area contributed by atoms with Gasteiger partial charge in [-0.3, -0.25) is 4.79 Å². The maximum atomic E-state index is 12.8. The molecule has 1 aliphatic heterocycles. The Labute approximate surface area is 164 Å². The number of fused-ring (bicyclic) bond motifs is 2. The lowest BCUT2D eigenvalue weighted by Gasteiger charge is -2.02. The fourth-order valence-electron chi connectivity index (χ4n) is 3.76. The summed E-state index contributed by atoms with van der Waals surface area (Å²) in [5.74, 6) is -0.126. The second-order valence-electron chi connectivity index (χ2n) is 6.94. The summed E-state index contributed by atoms with van der Waals surface area (Å²) in [7, 11) is 0. The van der Waals surface area contributed by atoms with E-state index in [1.54, 1.807) is 6.08 Å². The Kier molecular flexibility index (Phi) is 3.54. The normalized spacial score (nSPS) is 14.6. The molecule has 2 aromatic heterocycles. The fourth-order valence-corrected chi connectivity index (χ4v) is 3.76. The molecule has 0 bridgehead atoms. The van der Waals surface area contributed by atoms with Crippen LogP contribution in [0.1, 0.15) is 27.4 Å². The molecule has 7 nitrogen and oxygen atoms in total. The van der Waals surface area contributed by atoms with Crippen LogP contribution in [0.3, 0.4) is 0 Å². The van der Waals surface area contributed by atoms with Crippen LogP contribution in [-0.2, 0) is 0 Å². The van der Waals surface area contributed by atoms with E-state index in [0.29, 0.717) is 5.76 Å². The number of ketones is 1. The highest BCUT2D eigenvalue weighted by molar-refractivity contribution is 6.17. The summed E-state index contributed by atoms with van der Waals surface area (Å²) in [5.41, 5.74) is 3.96. The van der Waals surface area contributed by atoms with Crippen molar-refractivity contribution in [2.75, 3.05) is 0 Å². The molecule has 144 valence electrons. The topological polar surface area (TPSA) is 109 Å². The first kappa shape index (κ1) is 17.1. The van der Waals surface area contributed by atoms with Gasteiger partial charge in [-0.1, -0.05) is 23.4 Å². The summed E-state index contributed by atoms with van der Waals surface area (Å²) >= 11 is 0. The SMILES string of the molecule is Cc1noc(C)c1-c1[nH]c2ccccc2c1C=C1Oc2cc(O)cc(O)c2C1=O. The number of hydrogen-bond acceptors (Lipinski definition) is 6. The Balaban J connectivity index is 1.73. The minimum Gasteiger partial charge on any atom is -0.508 e. The van der Waals surface area contributed by atoms with E-state index in [1.165, 1.54) is 6.07 Å². The Morgan fingerprint density at radius 1 is 1.10 bits per heavy atom. The molecule has 0 aliphatic carbocycles. The standard InChI is InChI=1S/C22H16N2O5/c1-10-19(11(2)29-24-10)21-14(13-5-3-4-6-15(13)23-21)9-18-22(27)20-16(26)7-12(25)8-17(20)28-18/h3-9,23,25-26H,1-2H3. The quantitative estimate of drug-likeness (QED) is 0.437. The number of carbonyl (C=O) groups excluding carboxylic acids is 1. The van der Waals surface area contributed by atoms with E-state index in [-0.39, 0.29) is 28.6 Å². The van der Waals surface area contributed by atoms with Gasteiger partial charge >= 0.3 is 0 Å². The number of ether oxygens (including phenoxy) is 1. The number of nitrogens with zero attached hydrogens (tertiary/aromatic N) is 1. The number of benzene rings is 2. The number of aryl methyl sites for hydroxylation is 2. The van der Waals surface area contributed by atoms with Gasteiger partial charge in [0.25, 0.3) is 0 Å². The lowest BCUT2D eigenvalue weighted by molar-refractivity contribution is 0.101. The summed E-state index contributed by atoms with van der Waals surface area (Å²) in [6.07, 6.45) is 1.64. The van der Waals surface area contributed by atoms with Gasteiger partial charge in [0.15, 0.2) is 5.76 Å². The molecule has 0 spiro atoms. The molecule has 5 rings (SSSR count). The Morgan fingerprint density at radius 2 is 1.90 bits per heavy atom. The molecule has 1 aliphatic rings. The second-order valence-corrected chi connectivity index (χ2v) is 6.94. The van der Waals surface area contributed by atoms with Crippen molar-refractivity contribution in [1.29, 1.82) is 0 Å². The molecule has 3 N–H and O–H groups in total. The van der Waals surface area contributed by atoms with Gasteiger partial charge in [0.1, 0.15) is 28.6 Å². The number of H-pyrrole nitrogens is 1. The van der Waals surface area contributed by atoms with E-state index < -0.39 is 5.78 Å². The largest absolute Gasteiger partial charge is 0.508 e. The van der Waals surface area contributed by atoms with Crippen molar-refractivity contribution in [2.24, 2.45) is 0 Å². The molecule has 7 heteroatoms. The maximum absolute atomic E-state index is 12.8. The summed E-state index contributed by atoms with van der Waals surface area (Å²) in [6.45, 7) is 3.67. The van der Waals surface area contributed by atoms with E-state index in [4.69, 9.17) is 9.26 Å². The van der Waals surface area contributed by atoms with Crippen LogP contribution in [0.2, 0.25) is 0 Å². The Bertz CT molecular complexity index is 1320. The summed E-state index contributed by atoms with van der Waals surface area (Å²) in [5, 5.41) is 24.7. The van der Waals surface area contributed by atoms with E-state index in [2.05, 4.69) is 10.1 Å². The first-order chi connectivity index (χ1) is 13.9. The van der Waals surface area contributed by atoms with Crippen LogP contribution in [0.5, 0.6) is 17.2 Å². The van der Waals surface area contributed by atoms with Gasteiger partial charge in [0.2, 0.25) is 5.78 Å². The van der Waals surface area contributed by atoms with Gasteiger partial charge in [0.05, 0.1) is 17.0 Å². The van der Waals surface area contributed by atoms with Gasteiger partial charge < -0.3 is 24.5 Å². The molecule has 29 heavy (non-hydrogen) atoms. The number of hydrogen-bond donors (Lipinski definition) is 3. The van der Waals surface area contributed by atoms with E-state index >= 15 is 0 Å². The van der Waals surface area contributed by atoms with Gasteiger partial charge in [-0.15, -0.1) is 0 Å². The number of nitrogens with one attached hydrogen (secondary N) is 1. The monoisotopic (exact) mass is 388 g/mol. The highest BCUT2D eigenvalue weighted by Crippen LogP contribution is 2.42. The van der Waals surface area contributed by atoms with Crippen molar-refractivity contribution < 1.29 is 24.3 Å². The molecule has 0 atom stereocenters. The van der Waals surface area contributed by atoms with E-state index in [9.17, 15) is 15.0 Å². The zero-order valence-electron chi connectivity index (χ0n) is 15.6. The van der Waals surface area contributed by atoms with Crippen LogP contribution in [-0.4, -0.2) is 26.1 Å². The molecular weight excluding hydrogens is 372 g/mol. The number of rotatable bonds is 2. The number of phenols is 2. The number of carbonyl (C=O) groups is 1. The van der Waals surface area contributed by atoms with Crippen molar-refractivity contribution >= 4 is 22.8 Å². The molecule has 0 saturated heterocycles. The molecule has 4 aromatic rings. The summed E-state index contributed by atoms with van der Waals surface area (Å²) in [6, 6.07) is 10.1. The van der Waals surface area contributed by atoms with Crippen molar-refractivity contribution in [3.05, 3.63) is 64.7 Å². The number of phenolic OH excluding ortho intramolecular Hbond substituents is 2. The van der Waals surface area contributed by atoms with Crippen LogP contribution < -0.4 is 4.74 Å². The lowest BCUT2D eigenvalue weighted by atomic mass is 10.0. The average Bonchev–Trinajstić information content (AvgIpc) is 3.30. The number of aromatic nitrogens is 2. The predicted molar refractivity (Wildman–Crippen MR) is 106 cm³/mol. The number of aromatic amines is 1. The molecular formula is C22H16N2O5.